The van der Waals surface area contributed by atoms with Gasteiger partial charge in [-0.1, -0.05) is 24.3 Å². The summed E-state index contributed by atoms with van der Waals surface area (Å²) in [6.45, 7) is 2.01. The van der Waals surface area contributed by atoms with Crippen molar-refractivity contribution in [1.29, 1.82) is 0 Å². The van der Waals surface area contributed by atoms with Gasteiger partial charge in [0, 0.05) is 19.7 Å². The molecule has 1 amide bonds. The van der Waals surface area contributed by atoms with Crippen molar-refractivity contribution < 1.29 is 13.2 Å². The van der Waals surface area contributed by atoms with Crippen LogP contribution in [0.2, 0.25) is 0 Å². The Bertz CT molecular complexity index is 580. The largest absolute Gasteiger partial charge is 0.356 e. The fourth-order valence-corrected chi connectivity index (χ4v) is 4.02. The summed E-state index contributed by atoms with van der Waals surface area (Å²) in [5, 5.41) is 2.34. The van der Waals surface area contributed by atoms with Crippen LogP contribution >= 0.6 is 0 Å². The Morgan fingerprint density at radius 3 is 2.68 bits per heavy atom. The minimum Gasteiger partial charge on any atom is -0.356 e. The Morgan fingerprint density at radius 2 is 2.05 bits per heavy atom. The first-order valence-corrected chi connectivity index (χ1v) is 8.34. The van der Waals surface area contributed by atoms with E-state index in [2.05, 4.69) is 5.32 Å². The van der Waals surface area contributed by atoms with Gasteiger partial charge in [0.05, 0.1) is 5.25 Å². The highest BCUT2D eigenvalue weighted by atomic mass is 32.2. The lowest BCUT2D eigenvalue weighted by molar-refractivity contribution is -0.119. The average molecular weight is 281 g/mol. The lowest BCUT2D eigenvalue weighted by Gasteiger charge is -2.30. The van der Waals surface area contributed by atoms with Crippen LogP contribution in [0.15, 0.2) is 24.3 Å². The van der Waals surface area contributed by atoms with Crippen molar-refractivity contribution in [1.82, 2.24) is 5.32 Å². The molecule has 1 N–H and O–H groups in total. The fourth-order valence-electron chi connectivity index (χ4n) is 2.71. The van der Waals surface area contributed by atoms with Crippen LogP contribution in [0.4, 0.5) is 0 Å². The predicted molar refractivity (Wildman–Crippen MR) is 74.5 cm³/mol. The second kappa shape index (κ2) is 5.33. The molecule has 0 aliphatic heterocycles. The first-order chi connectivity index (χ1) is 8.88. The zero-order valence-electron chi connectivity index (χ0n) is 11.2. The standard InChI is InChI=1S/C14H19NO3S/c1-10(16)15-9-11-7-12-5-3-4-6-13(12)14(8-11)19(2,17)18/h3-6,11,14H,7-9H2,1-2H3,(H,15,16)/t11-,14?/m1/s1. The molecule has 0 spiro atoms. The van der Waals surface area contributed by atoms with Gasteiger partial charge in [-0.05, 0) is 29.9 Å². The first kappa shape index (κ1) is 14.1. The van der Waals surface area contributed by atoms with Gasteiger partial charge in [0.2, 0.25) is 5.91 Å². The van der Waals surface area contributed by atoms with Crippen LogP contribution in [0.1, 0.15) is 29.7 Å². The maximum atomic E-state index is 11.9. The minimum absolute atomic E-state index is 0.0743. The Kier molecular flexibility index (Phi) is 3.94. The van der Waals surface area contributed by atoms with Crippen LogP contribution in [0, 0.1) is 5.92 Å². The highest BCUT2D eigenvalue weighted by molar-refractivity contribution is 7.90. The third-order valence-electron chi connectivity index (χ3n) is 3.61. The van der Waals surface area contributed by atoms with E-state index in [-0.39, 0.29) is 11.8 Å². The highest BCUT2D eigenvalue weighted by Gasteiger charge is 2.32. The third-order valence-corrected chi connectivity index (χ3v) is 5.09. The quantitative estimate of drug-likeness (QED) is 0.912. The van der Waals surface area contributed by atoms with Crippen LogP contribution in [0.3, 0.4) is 0 Å². The molecule has 1 aliphatic carbocycles. The van der Waals surface area contributed by atoms with E-state index in [4.69, 9.17) is 0 Å². The molecule has 0 aromatic heterocycles. The smallest absolute Gasteiger partial charge is 0.216 e. The molecule has 0 heterocycles. The molecule has 0 saturated carbocycles. The average Bonchev–Trinajstić information content (AvgIpc) is 2.34. The van der Waals surface area contributed by atoms with E-state index in [0.717, 1.165) is 17.5 Å². The van der Waals surface area contributed by atoms with Gasteiger partial charge in [-0.15, -0.1) is 0 Å². The van der Waals surface area contributed by atoms with E-state index in [9.17, 15) is 13.2 Å². The second-order valence-electron chi connectivity index (χ2n) is 5.26. The molecule has 0 fully saturated rings. The molecule has 1 unspecified atom stereocenters. The SMILES string of the molecule is CC(=O)NC[C@@H]1Cc2ccccc2C(S(C)(=O)=O)C1. The van der Waals surface area contributed by atoms with E-state index in [1.54, 1.807) is 0 Å². The highest BCUT2D eigenvalue weighted by Crippen LogP contribution is 2.37. The van der Waals surface area contributed by atoms with Gasteiger partial charge in [0.15, 0.2) is 9.84 Å². The van der Waals surface area contributed by atoms with Gasteiger partial charge in [0.1, 0.15) is 0 Å². The number of rotatable bonds is 3. The van der Waals surface area contributed by atoms with Crippen molar-refractivity contribution in [2.75, 3.05) is 12.8 Å². The van der Waals surface area contributed by atoms with Crippen LogP contribution in [0.5, 0.6) is 0 Å². The molecule has 0 radical (unpaired) electrons. The summed E-state index contributed by atoms with van der Waals surface area (Å²) in [6.07, 6.45) is 2.69. The molecule has 4 nitrogen and oxygen atoms in total. The van der Waals surface area contributed by atoms with Gasteiger partial charge >= 0.3 is 0 Å². The summed E-state index contributed by atoms with van der Waals surface area (Å²) in [5.41, 5.74) is 2.00. The first-order valence-electron chi connectivity index (χ1n) is 6.39. The van der Waals surface area contributed by atoms with Crippen molar-refractivity contribution in [3.05, 3.63) is 35.4 Å². The number of hydrogen-bond acceptors (Lipinski definition) is 3. The van der Waals surface area contributed by atoms with E-state index >= 15 is 0 Å². The summed E-state index contributed by atoms with van der Waals surface area (Å²) in [4.78, 5) is 11.0. The van der Waals surface area contributed by atoms with Crippen LogP contribution in [0.25, 0.3) is 0 Å². The summed E-state index contributed by atoms with van der Waals surface area (Å²) < 4.78 is 23.9. The number of hydrogen-bond donors (Lipinski definition) is 1. The third kappa shape index (κ3) is 3.35. The van der Waals surface area contributed by atoms with Crippen molar-refractivity contribution in [2.45, 2.75) is 25.0 Å². The van der Waals surface area contributed by atoms with E-state index in [1.807, 2.05) is 24.3 Å². The second-order valence-corrected chi connectivity index (χ2v) is 7.49. The zero-order chi connectivity index (χ0) is 14.0. The maximum Gasteiger partial charge on any atom is 0.216 e. The van der Waals surface area contributed by atoms with Gasteiger partial charge in [0.25, 0.3) is 0 Å². The van der Waals surface area contributed by atoms with Crippen molar-refractivity contribution in [3.8, 4) is 0 Å². The Hall–Kier alpha value is -1.36. The molecule has 19 heavy (non-hydrogen) atoms. The number of sulfone groups is 1. The number of benzene rings is 1. The van der Waals surface area contributed by atoms with Gasteiger partial charge in [-0.2, -0.15) is 0 Å². The van der Waals surface area contributed by atoms with E-state index in [0.29, 0.717) is 13.0 Å². The summed E-state index contributed by atoms with van der Waals surface area (Å²) in [7, 11) is -3.12. The molecule has 104 valence electrons. The van der Waals surface area contributed by atoms with Crippen LogP contribution < -0.4 is 5.32 Å². The number of amides is 1. The lowest BCUT2D eigenvalue weighted by Crippen LogP contribution is -2.33. The fraction of sp³-hybridized carbons (Fsp3) is 0.500. The maximum absolute atomic E-state index is 11.9. The van der Waals surface area contributed by atoms with Gasteiger partial charge in [-0.25, -0.2) is 8.42 Å². The topological polar surface area (TPSA) is 63.2 Å². The molecule has 5 heteroatoms. The normalized spacial score (nSPS) is 22.6. The number of carbonyl (C=O) groups is 1. The number of carbonyl (C=O) groups excluding carboxylic acids is 1. The van der Waals surface area contributed by atoms with Gasteiger partial charge in [-0.3, -0.25) is 4.79 Å². The number of fused-ring (bicyclic) bond motifs is 1. The summed E-state index contributed by atoms with van der Waals surface area (Å²) >= 11 is 0. The van der Waals surface area contributed by atoms with Crippen molar-refractivity contribution in [2.24, 2.45) is 5.92 Å². The van der Waals surface area contributed by atoms with Gasteiger partial charge < -0.3 is 5.32 Å². The van der Waals surface area contributed by atoms with E-state index in [1.165, 1.54) is 13.2 Å². The number of nitrogens with one attached hydrogen (secondary N) is 1. The Labute approximate surface area is 114 Å². The molecule has 0 saturated heterocycles. The van der Waals surface area contributed by atoms with Crippen LogP contribution in [-0.4, -0.2) is 27.1 Å². The molecule has 0 bridgehead atoms. The molecule has 2 atom stereocenters. The molecule has 1 aliphatic rings. The lowest BCUT2D eigenvalue weighted by atomic mass is 9.83. The molecular formula is C14H19NO3S. The predicted octanol–water partition coefficient (Wildman–Crippen LogP) is 1.47. The zero-order valence-corrected chi connectivity index (χ0v) is 12.0. The molecule has 2 rings (SSSR count). The summed E-state index contributed by atoms with van der Waals surface area (Å²) in [5.74, 6) is 0.105. The Balaban J connectivity index is 2.27. The minimum atomic E-state index is -3.12. The molecule has 1 aromatic rings. The molecule has 1 aromatic carbocycles. The summed E-state index contributed by atoms with van der Waals surface area (Å²) in [6, 6.07) is 7.69. The Morgan fingerprint density at radius 1 is 1.37 bits per heavy atom. The molecular weight excluding hydrogens is 262 g/mol. The van der Waals surface area contributed by atoms with Crippen molar-refractivity contribution in [3.63, 3.8) is 0 Å². The monoisotopic (exact) mass is 281 g/mol. The van der Waals surface area contributed by atoms with E-state index < -0.39 is 15.1 Å². The van der Waals surface area contributed by atoms with Crippen LogP contribution in [-0.2, 0) is 21.1 Å². The van der Waals surface area contributed by atoms with Crippen molar-refractivity contribution >= 4 is 15.7 Å².